The number of hydrogen-bond donors (Lipinski definition) is 2. The monoisotopic (exact) mass is 389 g/mol. The minimum atomic E-state index is -0.322. The van der Waals surface area contributed by atoms with Crippen LogP contribution in [0.15, 0.2) is 48.5 Å². The number of anilines is 3. The number of nitrogens with zero attached hydrogens (tertiary/aromatic N) is 3. The maximum absolute atomic E-state index is 12.3. The summed E-state index contributed by atoms with van der Waals surface area (Å²) in [6.07, 6.45) is 4.88. The molecule has 1 aliphatic carbocycles. The lowest BCUT2D eigenvalue weighted by atomic mass is 9.90. The van der Waals surface area contributed by atoms with Crippen molar-refractivity contribution in [1.82, 2.24) is 15.0 Å². The van der Waals surface area contributed by atoms with Crippen LogP contribution in [0.25, 0.3) is 0 Å². The largest absolute Gasteiger partial charge is 0.457 e. The minimum absolute atomic E-state index is 0.0556. The molecule has 148 valence electrons. The van der Waals surface area contributed by atoms with Crippen LogP contribution in [0.3, 0.4) is 0 Å². The number of aromatic nitrogens is 3. The molecule has 1 aromatic heterocycles. The Kier molecular flexibility index (Phi) is 5.65. The van der Waals surface area contributed by atoms with Gasteiger partial charge in [0.2, 0.25) is 11.9 Å². The highest BCUT2D eigenvalue weighted by molar-refractivity contribution is 5.72. The Morgan fingerprint density at radius 2 is 1.79 bits per heavy atom. The summed E-state index contributed by atoms with van der Waals surface area (Å²) in [5, 5.41) is 3.06. The second-order valence-corrected chi connectivity index (χ2v) is 7.07. The summed E-state index contributed by atoms with van der Waals surface area (Å²) < 4.78 is 5.36. The van der Waals surface area contributed by atoms with Gasteiger partial charge in [-0.05, 0) is 54.5 Å². The highest BCUT2D eigenvalue weighted by atomic mass is 16.5. The number of fused-ring (bicyclic) bond motifs is 1. The molecule has 7 nitrogen and oxygen atoms in total. The number of esters is 1. The van der Waals surface area contributed by atoms with Gasteiger partial charge in [0.1, 0.15) is 0 Å². The zero-order valence-corrected chi connectivity index (χ0v) is 16.1. The lowest BCUT2D eigenvalue weighted by Gasteiger charge is -2.16. The van der Waals surface area contributed by atoms with Crippen LogP contribution in [0.4, 0.5) is 17.6 Å². The van der Waals surface area contributed by atoms with E-state index in [-0.39, 0.29) is 24.9 Å². The SMILES string of the molecule is Nc1nc(COC(=O)Cc2ccc3c(c2)CCCC3)nc(Nc2ccccc2)n1. The van der Waals surface area contributed by atoms with E-state index in [0.717, 1.165) is 24.1 Å². The third kappa shape index (κ3) is 5.07. The quantitative estimate of drug-likeness (QED) is 0.623. The Bertz CT molecular complexity index is 1010. The summed E-state index contributed by atoms with van der Waals surface area (Å²) in [5.41, 5.74) is 10.3. The molecule has 0 amide bonds. The summed E-state index contributed by atoms with van der Waals surface area (Å²) in [6.45, 7) is -0.0556. The Hall–Kier alpha value is -3.48. The van der Waals surface area contributed by atoms with E-state index in [9.17, 15) is 4.79 Å². The van der Waals surface area contributed by atoms with Gasteiger partial charge in [0.15, 0.2) is 12.4 Å². The molecule has 0 fully saturated rings. The maximum atomic E-state index is 12.3. The summed E-state index contributed by atoms with van der Waals surface area (Å²) in [7, 11) is 0. The molecular weight excluding hydrogens is 366 g/mol. The van der Waals surface area contributed by atoms with Crippen LogP contribution in [-0.4, -0.2) is 20.9 Å². The van der Waals surface area contributed by atoms with Crippen molar-refractivity contribution in [2.24, 2.45) is 0 Å². The van der Waals surface area contributed by atoms with Crippen LogP contribution < -0.4 is 11.1 Å². The predicted molar refractivity (Wildman–Crippen MR) is 111 cm³/mol. The number of carbonyl (C=O) groups is 1. The number of para-hydroxylation sites is 1. The zero-order chi connectivity index (χ0) is 20.1. The minimum Gasteiger partial charge on any atom is -0.457 e. The fourth-order valence-corrected chi connectivity index (χ4v) is 3.47. The first-order valence-corrected chi connectivity index (χ1v) is 9.74. The van der Waals surface area contributed by atoms with Gasteiger partial charge in [-0.2, -0.15) is 15.0 Å². The van der Waals surface area contributed by atoms with E-state index < -0.39 is 0 Å². The molecule has 7 heteroatoms. The molecule has 1 heterocycles. The summed E-state index contributed by atoms with van der Waals surface area (Å²) in [6, 6.07) is 15.8. The lowest BCUT2D eigenvalue weighted by Crippen LogP contribution is -2.13. The number of aryl methyl sites for hydroxylation is 2. The van der Waals surface area contributed by atoms with Crippen LogP contribution >= 0.6 is 0 Å². The second kappa shape index (κ2) is 8.68. The number of ether oxygens (including phenoxy) is 1. The first kappa shape index (κ1) is 18.9. The van der Waals surface area contributed by atoms with Crippen molar-refractivity contribution in [2.45, 2.75) is 38.7 Å². The Morgan fingerprint density at radius 1 is 1.00 bits per heavy atom. The van der Waals surface area contributed by atoms with Gasteiger partial charge in [-0.15, -0.1) is 0 Å². The van der Waals surface area contributed by atoms with Crippen LogP contribution in [0.1, 0.15) is 35.4 Å². The topological polar surface area (TPSA) is 103 Å². The van der Waals surface area contributed by atoms with E-state index in [1.165, 1.54) is 24.0 Å². The van der Waals surface area contributed by atoms with Crippen molar-refractivity contribution in [2.75, 3.05) is 11.1 Å². The van der Waals surface area contributed by atoms with E-state index in [1.54, 1.807) is 0 Å². The normalized spacial score (nSPS) is 12.8. The van der Waals surface area contributed by atoms with Crippen LogP contribution in [0.5, 0.6) is 0 Å². The fraction of sp³-hybridized carbons (Fsp3) is 0.273. The van der Waals surface area contributed by atoms with Crippen molar-refractivity contribution in [3.63, 3.8) is 0 Å². The molecule has 0 saturated heterocycles. The Balaban J connectivity index is 1.36. The second-order valence-electron chi connectivity index (χ2n) is 7.07. The average molecular weight is 389 g/mol. The van der Waals surface area contributed by atoms with Crippen molar-refractivity contribution in [1.29, 1.82) is 0 Å². The lowest BCUT2D eigenvalue weighted by molar-refractivity contribution is -0.144. The molecule has 1 aliphatic rings. The number of hydrogen-bond acceptors (Lipinski definition) is 7. The summed E-state index contributed by atoms with van der Waals surface area (Å²) in [5.74, 6) is 0.357. The molecule has 29 heavy (non-hydrogen) atoms. The highest BCUT2D eigenvalue weighted by Gasteiger charge is 2.13. The van der Waals surface area contributed by atoms with Gasteiger partial charge in [0.25, 0.3) is 0 Å². The molecule has 0 unspecified atom stereocenters. The molecule has 3 N–H and O–H groups in total. The number of nitrogens with two attached hydrogens (primary N) is 1. The molecule has 0 radical (unpaired) electrons. The van der Waals surface area contributed by atoms with Crippen LogP contribution in [0.2, 0.25) is 0 Å². The standard InChI is InChI=1S/C22H23N5O2/c23-21-25-19(26-22(27-21)24-18-8-2-1-3-9-18)14-29-20(28)13-15-10-11-16-6-4-5-7-17(16)12-15/h1-3,8-12H,4-7,13-14H2,(H3,23,24,25,26,27). The van der Waals surface area contributed by atoms with Gasteiger partial charge in [-0.1, -0.05) is 36.4 Å². The molecule has 0 saturated carbocycles. The van der Waals surface area contributed by atoms with Crippen molar-refractivity contribution < 1.29 is 9.53 Å². The van der Waals surface area contributed by atoms with Gasteiger partial charge in [-0.3, -0.25) is 4.79 Å². The highest BCUT2D eigenvalue weighted by Crippen LogP contribution is 2.22. The number of nitrogen functional groups attached to an aromatic ring is 1. The number of benzene rings is 2. The molecule has 4 rings (SSSR count). The van der Waals surface area contributed by atoms with Gasteiger partial charge in [0, 0.05) is 5.69 Å². The van der Waals surface area contributed by atoms with E-state index >= 15 is 0 Å². The molecule has 0 bridgehead atoms. The van der Waals surface area contributed by atoms with E-state index in [1.807, 2.05) is 36.4 Å². The molecule has 0 spiro atoms. The molecule has 3 aromatic rings. The zero-order valence-electron chi connectivity index (χ0n) is 16.1. The Labute approximate surface area is 169 Å². The molecule has 0 aliphatic heterocycles. The van der Waals surface area contributed by atoms with Crippen LogP contribution in [0, 0.1) is 0 Å². The van der Waals surface area contributed by atoms with Gasteiger partial charge >= 0.3 is 5.97 Å². The smallest absolute Gasteiger partial charge is 0.310 e. The van der Waals surface area contributed by atoms with Crippen molar-refractivity contribution in [3.05, 3.63) is 71.0 Å². The fourth-order valence-electron chi connectivity index (χ4n) is 3.47. The number of carbonyl (C=O) groups excluding carboxylic acids is 1. The molecule has 2 aromatic carbocycles. The van der Waals surface area contributed by atoms with E-state index in [2.05, 4.69) is 32.4 Å². The first-order valence-electron chi connectivity index (χ1n) is 9.74. The first-order chi connectivity index (χ1) is 14.2. The third-order valence-electron chi connectivity index (χ3n) is 4.85. The average Bonchev–Trinajstić information content (AvgIpc) is 2.72. The van der Waals surface area contributed by atoms with E-state index in [4.69, 9.17) is 10.5 Å². The van der Waals surface area contributed by atoms with E-state index in [0.29, 0.717) is 11.8 Å². The van der Waals surface area contributed by atoms with Crippen molar-refractivity contribution in [3.8, 4) is 0 Å². The van der Waals surface area contributed by atoms with Gasteiger partial charge in [-0.25, -0.2) is 0 Å². The van der Waals surface area contributed by atoms with Crippen molar-refractivity contribution >= 4 is 23.6 Å². The predicted octanol–water partition coefficient (Wildman–Crippen LogP) is 3.36. The third-order valence-corrected chi connectivity index (χ3v) is 4.85. The summed E-state index contributed by atoms with van der Waals surface area (Å²) in [4.78, 5) is 24.7. The maximum Gasteiger partial charge on any atom is 0.310 e. The number of nitrogens with one attached hydrogen (secondary N) is 1. The van der Waals surface area contributed by atoms with Crippen LogP contribution in [-0.2, 0) is 35.4 Å². The Morgan fingerprint density at radius 3 is 2.62 bits per heavy atom. The number of rotatable bonds is 6. The summed E-state index contributed by atoms with van der Waals surface area (Å²) >= 11 is 0. The van der Waals surface area contributed by atoms with Gasteiger partial charge < -0.3 is 15.8 Å². The van der Waals surface area contributed by atoms with Gasteiger partial charge in [0.05, 0.1) is 6.42 Å². The molecule has 0 atom stereocenters. The molecular formula is C22H23N5O2.